The molecule has 0 bridgehead atoms. The Morgan fingerprint density at radius 3 is 2.55 bits per heavy atom. The molecule has 0 saturated heterocycles. The molecule has 4 aromatic rings. The molecule has 2 heterocycles. The predicted molar refractivity (Wildman–Crippen MR) is 146 cm³/mol. The molecule has 7 nitrogen and oxygen atoms in total. The van der Waals surface area contributed by atoms with Gasteiger partial charge in [-0.25, -0.2) is 0 Å². The lowest BCUT2D eigenvalue weighted by Crippen LogP contribution is -2.33. The first kappa shape index (κ1) is 24.9. The summed E-state index contributed by atoms with van der Waals surface area (Å²) in [5, 5.41) is 11.9. The van der Waals surface area contributed by atoms with Crippen LogP contribution in [-0.4, -0.2) is 47.4 Å². The van der Waals surface area contributed by atoms with Crippen LogP contribution in [0.1, 0.15) is 22.7 Å². The minimum atomic E-state index is -0.800. The number of nitrogens with one attached hydrogen (secondary N) is 1. The maximum absolute atomic E-state index is 13.4. The molecule has 0 fully saturated rings. The fourth-order valence-corrected chi connectivity index (χ4v) is 4.91. The molecule has 2 N–H and O–H groups in total. The van der Waals surface area contributed by atoms with E-state index < -0.39 is 23.5 Å². The van der Waals surface area contributed by atoms with Crippen molar-refractivity contribution in [1.29, 1.82) is 0 Å². The molecular formula is C31H28N2O5. The number of H-pyrrole nitrogens is 1. The van der Waals surface area contributed by atoms with Gasteiger partial charge >= 0.3 is 0 Å². The number of ether oxygens (including phenoxy) is 2. The fourth-order valence-electron chi connectivity index (χ4n) is 4.91. The van der Waals surface area contributed by atoms with Gasteiger partial charge in [0.1, 0.15) is 11.5 Å². The minimum Gasteiger partial charge on any atom is -0.503 e. The third-order valence-corrected chi connectivity index (χ3v) is 6.83. The van der Waals surface area contributed by atoms with E-state index in [1.54, 1.807) is 26.4 Å². The SMILES string of the molecule is COc1ccc2[nH]cc(CCN3C(=O)C(O)=C(C(=O)/C=C/c4ccccc4)C3c3ccccc3OC)c2c1. The van der Waals surface area contributed by atoms with Crippen LogP contribution in [0.25, 0.3) is 17.0 Å². The Labute approximate surface area is 220 Å². The second kappa shape index (κ2) is 10.7. The molecule has 0 spiro atoms. The van der Waals surface area contributed by atoms with Gasteiger partial charge in [0.15, 0.2) is 11.5 Å². The summed E-state index contributed by atoms with van der Waals surface area (Å²) in [4.78, 5) is 31.6. The van der Waals surface area contributed by atoms with Crippen LogP contribution in [0.4, 0.5) is 0 Å². The monoisotopic (exact) mass is 508 g/mol. The lowest BCUT2D eigenvalue weighted by atomic mass is 9.94. The van der Waals surface area contributed by atoms with E-state index in [4.69, 9.17) is 9.47 Å². The van der Waals surface area contributed by atoms with E-state index in [0.29, 0.717) is 17.7 Å². The lowest BCUT2D eigenvalue weighted by Gasteiger charge is -2.27. The number of carbonyl (C=O) groups is 2. The Bertz CT molecular complexity index is 1550. The number of aromatic nitrogens is 1. The maximum Gasteiger partial charge on any atom is 0.290 e. The molecule has 1 amide bonds. The minimum absolute atomic E-state index is 0.0345. The first-order valence-electron chi connectivity index (χ1n) is 12.3. The summed E-state index contributed by atoms with van der Waals surface area (Å²) in [6, 6.07) is 21.6. The van der Waals surface area contributed by atoms with Crippen LogP contribution >= 0.6 is 0 Å². The molecule has 1 aliphatic rings. The first-order valence-corrected chi connectivity index (χ1v) is 12.3. The summed E-state index contributed by atoms with van der Waals surface area (Å²) in [5.41, 5.74) is 3.45. The number of methoxy groups -OCH3 is 2. The number of rotatable bonds is 9. The molecule has 5 rings (SSSR count). The number of fused-ring (bicyclic) bond motifs is 1. The molecule has 3 aromatic carbocycles. The normalized spacial score (nSPS) is 15.6. The zero-order chi connectivity index (χ0) is 26.6. The number of nitrogens with zero attached hydrogens (tertiary/aromatic N) is 1. The van der Waals surface area contributed by atoms with Gasteiger partial charge in [0.25, 0.3) is 5.91 Å². The van der Waals surface area contributed by atoms with Crippen LogP contribution in [0, 0.1) is 0 Å². The highest BCUT2D eigenvalue weighted by Gasteiger charge is 2.43. The summed E-state index contributed by atoms with van der Waals surface area (Å²) < 4.78 is 11.0. The number of hydrogen-bond acceptors (Lipinski definition) is 5. The van der Waals surface area contributed by atoms with E-state index in [1.165, 1.54) is 11.0 Å². The predicted octanol–water partition coefficient (Wildman–Crippen LogP) is 5.41. The van der Waals surface area contributed by atoms with E-state index in [2.05, 4.69) is 4.98 Å². The fraction of sp³-hybridized carbons (Fsp3) is 0.161. The largest absolute Gasteiger partial charge is 0.503 e. The van der Waals surface area contributed by atoms with Crippen molar-refractivity contribution >= 4 is 28.7 Å². The van der Waals surface area contributed by atoms with Gasteiger partial charge in [0.2, 0.25) is 0 Å². The summed E-state index contributed by atoms with van der Waals surface area (Å²) in [7, 11) is 3.16. The van der Waals surface area contributed by atoms with Gasteiger partial charge in [-0.2, -0.15) is 0 Å². The molecule has 1 aliphatic heterocycles. The molecule has 0 aliphatic carbocycles. The first-order chi connectivity index (χ1) is 18.5. The molecular weight excluding hydrogens is 480 g/mol. The van der Waals surface area contributed by atoms with Crippen molar-refractivity contribution in [2.24, 2.45) is 0 Å². The van der Waals surface area contributed by atoms with E-state index in [0.717, 1.165) is 27.8 Å². The van der Waals surface area contributed by atoms with Crippen molar-refractivity contribution in [3.05, 3.63) is 113 Å². The zero-order valence-electron chi connectivity index (χ0n) is 21.2. The van der Waals surface area contributed by atoms with Crippen LogP contribution in [0.3, 0.4) is 0 Å². The molecule has 7 heteroatoms. The van der Waals surface area contributed by atoms with Crippen molar-refractivity contribution in [3.8, 4) is 11.5 Å². The molecule has 192 valence electrons. The van der Waals surface area contributed by atoms with Gasteiger partial charge in [-0.15, -0.1) is 0 Å². The van der Waals surface area contributed by atoms with E-state index in [1.807, 2.05) is 72.9 Å². The molecule has 0 radical (unpaired) electrons. The third kappa shape index (κ3) is 4.66. The number of amides is 1. The van der Waals surface area contributed by atoms with Gasteiger partial charge in [0, 0.05) is 29.2 Å². The molecule has 1 atom stereocenters. The Morgan fingerprint density at radius 1 is 1.03 bits per heavy atom. The van der Waals surface area contributed by atoms with Crippen molar-refractivity contribution in [2.75, 3.05) is 20.8 Å². The van der Waals surface area contributed by atoms with Gasteiger partial charge in [-0.1, -0.05) is 54.6 Å². The van der Waals surface area contributed by atoms with Crippen molar-refractivity contribution < 1.29 is 24.2 Å². The highest BCUT2D eigenvalue weighted by molar-refractivity contribution is 6.14. The van der Waals surface area contributed by atoms with Gasteiger partial charge in [-0.05, 0) is 47.9 Å². The number of aliphatic hydroxyl groups is 1. The van der Waals surface area contributed by atoms with E-state index in [-0.39, 0.29) is 12.1 Å². The highest BCUT2D eigenvalue weighted by Crippen LogP contribution is 2.41. The third-order valence-electron chi connectivity index (χ3n) is 6.83. The Balaban J connectivity index is 1.50. The number of ketones is 1. The second-order valence-electron chi connectivity index (χ2n) is 8.99. The second-order valence-corrected chi connectivity index (χ2v) is 8.99. The van der Waals surface area contributed by atoms with Crippen molar-refractivity contribution in [3.63, 3.8) is 0 Å². The number of aromatic amines is 1. The van der Waals surface area contributed by atoms with Gasteiger partial charge in [-0.3, -0.25) is 9.59 Å². The van der Waals surface area contributed by atoms with Crippen LogP contribution in [0.2, 0.25) is 0 Å². The van der Waals surface area contributed by atoms with Crippen molar-refractivity contribution in [2.45, 2.75) is 12.5 Å². The average Bonchev–Trinajstić information content (AvgIpc) is 3.48. The maximum atomic E-state index is 13.4. The molecule has 1 aromatic heterocycles. The Morgan fingerprint density at radius 2 is 1.79 bits per heavy atom. The Kier molecular flexibility index (Phi) is 7.00. The van der Waals surface area contributed by atoms with Crippen molar-refractivity contribution in [1.82, 2.24) is 9.88 Å². The molecule has 38 heavy (non-hydrogen) atoms. The number of benzene rings is 3. The van der Waals surface area contributed by atoms with Crippen LogP contribution < -0.4 is 9.47 Å². The van der Waals surface area contributed by atoms with Gasteiger partial charge < -0.3 is 24.5 Å². The summed E-state index contributed by atoms with van der Waals surface area (Å²) >= 11 is 0. The molecule has 0 saturated carbocycles. The van der Waals surface area contributed by atoms with Crippen LogP contribution in [0.5, 0.6) is 11.5 Å². The topological polar surface area (TPSA) is 91.9 Å². The average molecular weight is 509 g/mol. The summed E-state index contributed by atoms with van der Waals surface area (Å²) in [6.45, 7) is 0.273. The Hall–Kier alpha value is -4.78. The van der Waals surface area contributed by atoms with E-state index in [9.17, 15) is 14.7 Å². The lowest BCUT2D eigenvalue weighted by molar-refractivity contribution is -0.129. The van der Waals surface area contributed by atoms with E-state index >= 15 is 0 Å². The standard InChI is InChI=1S/C31H28N2O5/c1-37-22-13-14-25-24(18-22)21(19-32-25)16-17-33-29(23-10-6-7-11-27(23)38-2)28(30(35)31(33)36)26(34)15-12-20-8-4-3-5-9-20/h3-15,18-19,29,32,35H,16-17H2,1-2H3/b15-12+. The quantitative estimate of drug-likeness (QED) is 0.295. The summed E-state index contributed by atoms with van der Waals surface area (Å²) in [5.74, 6) is -0.298. The van der Waals surface area contributed by atoms with Gasteiger partial charge in [0.05, 0.1) is 25.8 Å². The number of allylic oxidation sites excluding steroid dienone is 1. The highest BCUT2D eigenvalue weighted by atomic mass is 16.5. The smallest absolute Gasteiger partial charge is 0.290 e. The van der Waals surface area contributed by atoms with Crippen LogP contribution in [-0.2, 0) is 16.0 Å². The number of carbonyl (C=O) groups excluding carboxylic acids is 2. The molecule has 1 unspecified atom stereocenters. The zero-order valence-corrected chi connectivity index (χ0v) is 21.2. The summed E-state index contributed by atoms with van der Waals surface area (Å²) in [6.07, 6.45) is 5.48. The van der Waals surface area contributed by atoms with Crippen LogP contribution in [0.15, 0.2) is 96.4 Å². The number of aliphatic hydroxyl groups excluding tert-OH is 1. The number of para-hydroxylation sites is 1. The number of hydrogen-bond donors (Lipinski definition) is 2.